The van der Waals surface area contributed by atoms with Gasteiger partial charge in [-0.1, -0.05) is 6.07 Å². The number of carbonyl (C=O) groups is 2. The van der Waals surface area contributed by atoms with Gasteiger partial charge < -0.3 is 29.0 Å². The van der Waals surface area contributed by atoms with Crippen LogP contribution in [0.3, 0.4) is 0 Å². The summed E-state index contributed by atoms with van der Waals surface area (Å²) in [4.78, 5) is 23.7. The largest absolute Gasteiger partial charge is 0.494 e. The number of hydrogen-bond acceptors (Lipinski definition) is 7. The van der Waals surface area contributed by atoms with E-state index in [2.05, 4.69) is 5.32 Å². The van der Waals surface area contributed by atoms with Gasteiger partial charge in [0.05, 0.1) is 26.9 Å². The van der Waals surface area contributed by atoms with Crippen LogP contribution in [-0.2, 0) is 14.3 Å². The first kappa shape index (κ1) is 24.6. The van der Waals surface area contributed by atoms with Crippen molar-refractivity contribution in [3.63, 3.8) is 0 Å². The molecule has 0 aromatic heterocycles. The fraction of sp³-hybridized carbons (Fsp3) is 0.333. The Bertz CT molecular complexity index is 894. The Kier molecular flexibility index (Phi) is 10.4. The fourth-order valence-electron chi connectivity index (χ4n) is 2.62. The van der Waals surface area contributed by atoms with Crippen LogP contribution in [0.4, 0.5) is 0 Å². The molecular weight excluding hydrogens is 414 g/mol. The van der Waals surface area contributed by atoms with Gasteiger partial charge in [-0.05, 0) is 61.9 Å². The second-order valence-electron chi connectivity index (χ2n) is 6.39. The average molecular weight is 443 g/mol. The number of esters is 1. The van der Waals surface area contributed by atoms with E-state index in [4.69, 9.17) is 23.7 Å². The lowest BCUT2D eigenvalue weighted by Crippen LogP contribution is -2.31. The van der Waals surface area contributed by atoms with Crippen molar-refractivity contribution in [3.05, 3.63) is 54.1 Å². The van der Waals surface area contributed by atoms with Crippen LogP contribution in [0.15, 0.2) is 48.5 Å². The van der Waals surface area contributed by atoms with E-state index in [1.54, 1.807) is 43.5 Å². The van der Waals surface area contributed by atoms with Gasteiger partial charge in [-0.15, -0.1) is 0 Å². The highest BCUT2D eigenvalue weighted by atomic mass is 16.5. The van der Waals surface area contributed by atoms with Gasteiger partial charge in [0.2, 0.25) is 0 Å². The number of hydrogen-bond donors (Lipinski definition) is 1. The molecule has 32 heavy (non-hydrogen) atoms. The van der Waals surface area contributed by atoms with E-state index in [-0.39, 0.29) is 19.8 Å². The van der Waals surface area contributed by atoms with Crippen LogP contribution in [0.2, 0.25) is 0 Å². The van der Waals surface area contributed by atoms with Crippen LogP contribution >= 0.6 is 0 Å². The van der Waals surface area contributed by atoms with Gasteiger partial charge in [0, 0.05) is 6.08 Å². The SMILES string of the molecule is CCOc1ccc(OCCNC(=O)COC(=O)/C=C/c2ccc(OCC)c(OC)c2)cc1. The van der Waals surface area contributed by atoms with Crippen molar-refractivity contribution in [3.8, 4) is 23.0 Å². The molecular formula is C24H29NO7. The molecule has 0 aliphatic rings. The highest BCUT2D eigenvalue weighted by molar-refractivity contribution is 5.89. The number of ether oxygens (including phenoxy) is 5. The van der Waals surface area contributed by atoms with Gasteiger partial charge in [-0.25, -0.2) is 4.79 Å². The van der Waals surface area contributed by atoms with E-state index < -0.39 is 11.9 Å². The minimum atomic E-state index is -0.626. The lowest BCUT2D eigenvalue weighted by molar-refractivity contribution is -0.143. The molecule has 0 bridgehead atoms. The van der Waals surface area contributed by atoms with Gasteiger partial charge in [0.15, 0.2) is 18.1 Å². The summed E-state index contributed by atoms with van der Waals surface area (Å²) in [6.07, 6.45) is 2.82. The molecule has 2 aromatic rings. The topological polar surface area (TPSA) is 92.3 Å². The van der Waals surface area contributed by atoms with Crippen molar-refractivity contribution in [2.75, 3.05) is 40.1 Å². The smallest absolute Gasteiger partial charge is 0.331 e. The van der Waals surface area contributed by atoms with Gasteiger partial charge in [0.25, 0.3) is 5.91 Å². The zero-order chi connectivity index (χ0) is 23.2. The molecule has 0 aliphatic carbocycles. The van der Waals surface area contributed by atoms with E-state index in [9.17, 15) is 9.59 Å². The summed E-state index contributed by atoms with van der Waals surface area (Å²) < 4.78 is 26.6. The Morgan fingerprint density at radius 1 is 0.906 bits per heavy atom. The third-order valence-electron chi connectivity index (χ3n) is 4.07. The first-order chi connectivity index (χ1) is 15.5. The molecule has 0 saturated heterocycles. The summed E-state index contributed by atoms with van der Waals surface area (Å²) in [6.45, 7) is 5.11. The summed E-state index contributed by atoms with van der Waals surface area (Å²) in [6, 6.07) is 12.5. The Balaban J connectivity index is 1.67. The summed E-state index contributed by atoms with van der Waals surface area (Å²) in [5.74, 6) is 1.59. The molecule has 0 radical (unpaired) electrons. The van der Waals surface area contributed by atoms with Gasteiger partial charge in [-0.3, -0.25) is 4.79 Å². The molecule has 8 nitrogen and oxygen atoms in total. The second kappa shape index (κ2) is 13.6. The second-order valence-corrected chi connectivity index (χ2v) is 6.39. The predicted octanol–water partition coefficient (Wildman–Crippen LogP) is 3.24. The molecule has 8 heteroatoms. The van der Waals surface area contributed by atoms with E-state index in [1.807, 2.05) is 26.0 Å². The summed E-state index contributed by atoms with van der Waals surface area (Å²) in [5, 5.41) is 2.63. The molecule has 2 rings (SSSR count). The molecule has 0 spiro atoms. The Labute approximate surface area is 188 Å². The number of amides is 1. The first-order valence-electron chi connectivity index (χ1n) is 10.3. The molecule has 1 N–H and O–H groups in total. The predicted molar refractivity (Wildman–Crippen MR) is 120 cm³/mol. The molecule has 0 unspecified atom stereocenters. The van der Waals surface area contributed by atoms with Crippen LogP contribution in [0.5, 0.6) is 23.0 Å². The third-order valence-corrected chi connectivity index (χ3v) is 4.07. The van der Waals surface area contributed by atoms with Crippen molar-refractivity contribution in [2.24, 2.45) is 0 Å². The molecule has 172 valence electrons. The maximum atomic E-state index is 11.9. The van der Waals surface area contributed by atoms with Crippen molar-refractivity contribution in [2.45, 2.75) is 13.8 Å². The van der Waals surface area contributed by atoms with Crippen LogP contribution in [0.1, 0.15) is 19.4 Å². The van der Waals surface area contributed by atoms with Crippen molar-refractivity contribution in [1.29, 1.82) is 0 Å². The first-order valence-corrected chi connectivity index (χ1v) is 10.3. The minimum absolute atomic E-state index is 0.283. The van der Waals surface area contributed by atoms with E-state index >= 15 is 0 Å². The fourth-order valence-corrected chi connectivity index (χ4v) is 2.62. The molecule has 0 saturated carbocycles. The Morgan fingerprint density at radius 3 is 2.25 bits per heavy atom. The van der Waals surface area contributed by atoms with E-state index in [1.165, 1.54) is 6.08 Å². The average Bonchev–Trinajstić information content (AvgIpc) is 2.81. The van der Waals surface area contributed by atoms with Gasteiger partial charge in [0.1, 0.15) is 18.1 Å². The molecule has 0 atom stereocenters. The summed E-state index contributed by atoms with van der Waals surface area (Å²) in [7, 11) is 1.54. The monoisotopic (exact) mass is 443 g/mol. The van der Waals surface area contributed by atoms with Crippen LogP contribution in [-0.4, -0.2) is 52.0 Å². The highest BCUT2D eigenvalue weighted by Gasteiger charge is 2.06. The molecule has 1 amide bonds. The van der Waals surface area contributed by atoms with Crippen molar-refractivity contribution >= 4 is 18.0 Å². The number of rotatable bonds is 13. The molecule has 2 aromatic carbocycles. The quantitative estimate of drug-likeness (QED) is 0.289. The van der Waals surface area contributed by atoms with Crippen molar-refractivity contribution < 1.29 is 33.3 Å². The van der Waals surface area contributed by atoms with E-state index in [0.717, 1.165) is 11.3 Å². The molecule has 0 aliphatic heterocycles. The lowest BCUT2D eigenvalue weighted by Gasteiger charge is -2.09. The molecule has 0 heterocycles. The zero-order valence-electron chi connectivity index (χ0n) is 18.6. The number of carbonyl (C=O) groups excluding carboxylic acids is 2. The minimum Gasteiger partial charge on any atom is -0.494 e. The van der Waals surface area contributed by atoms with Crippen LogP contribution in [0, 0.1) is 0 Å². The summed E-state index contributed by atoms with van der Waals surface area (Å²) >= 11 is 0. The Hall–Kier alpha value is -3.68. The lowest BCUT2D eigenvalue weighted by atomic mass is 10.2. The number of benzene rings is 2. The molecule has 0 fully saturated rings. The third kappa shape index (κ3) is 8.59. The standard InChI is InChI=1S/C24H29NO7/c1-4-29-19-8-10-20(11-9-19)31-15-14-25-23(26)17-32-24(27)13-7-18-6-12-21(30-5-2)22(16-18)28-3/h6-13,16H,4-5,14-15,17H2,1-3H3,(H,25,26)/b13-7+. The number of methoxy groups -OCH3 is 1. The zero-order valence-corrected chi connectivity index (χ0v) is 18.6. The van der Waals surface area contributed by atoms with Crippen LogP contribution < -0.4 is 24.3 Å². The van der Waals surface area contributed by atoms with Crippen LogP contribution in [0.25, 0.3) is 6.08 Å². The normalized spacial score (nSPS) is 10.5. The Morgan fingerprint density at radius 2 is 1.59 bits per heavy atom. The van der Waals surface area contributed by atoms with Gasteiger partial charge >= 0.3 is 5.97 Å². The van der Waals surface area contributed by atoms with Crippen molar-refractivity contribution in [1.82, 2.24) is 5.32 Å². The highest BCUT2D eigenvalue weighted by Crippen LogP contribution is 2.28. The number of nitrogens with one attached hydrogen (secondary N) is 1. The summed E-state index contributed by atoms with van der Waals surface area (Å²) in [5.41, 5.74) is 0.734. The maximum absolute atomic E-state index is 11.9. The van der Waals surface area contributed by atoms with E-state index in [0.29, 0.717) is 30.5 Å². The van der Waals surface area contributed by atoms with Gasteiger partial charge in [-0.2, -0.15) is 0 Å². The maximum Gasteiger partial charge on any atom is 0.331 e.